The van der Waals surface area contributed by atoms with E-state index in [1.807, 2.05) is 46.3 Å². The number of nitrogens with zero attached hydrogens (tertiary/aromatic N) is 7. The second-order valence-corrected chi connectivity index (χ2v) is 7.02. The number of carbonyl (C=O) groups is 1. The van der Waals surface area contributed by atoms with E-state index in [1.54, 1.807) is 18.6 Å². The van der Waals surface area contributed by atoms with Crippen LogP contribution in [-0.4, -0.2) is 53.2 Å². The van der Waals surface area contributed by atoms with Gasteiger partial charge in [0.1, 0.15) is 11.5 Å². The Morgan fingerprint density at radius 1 is 1.30 bits per heavy atom. The van der Waals surface area contributed by atoms with Crippen molar-refractivity contribution in [3.05, 3.63) is 60.0 Å². The maximum atomic E-state index is 12.8. The standard InChI is InChI=1S/C19H23N7O/c1-14-5-3-7-16(21-14)19(27)26-9-4-6-15(11-26)18-23-22-17(24(18)2)12-25-10-8-20-13-25/h3,5,7-8,10,13,15H,4,6,9,11-12H2,1-2H3/t15-/m0/s1. The summed E-state index contributed by atoms with van der Waals surface area (Å²) in [6.45, 7) is 3.93. The molecule has 1 fully saturated rings. The van der Waals surface area contributed by atoms with E-state index < -0.39 is 0 Å². The van der Waals surface area contributed by atoms with E-state index in [9.17, 15) is 4.79 Å². The van der Waals surface area contributed by atoms with Crippen LogP contribution in [0.1, 0.15) is 46.6 Å². The lowest BCUT2D eigenvalue weighted by molar-refractivity contribution is 0.0697. The van der Waals surface area contributed by atoms with Crippen LogP contribution in [0.5, 0.6) is 0 Å². The summed E-state index contributed by atoms with van der Waals surface area (Å²) in [6.07, 6.45) is 7.38. The number of hydrogen-bond acceptors (Lipinski definition) is 5. The molecular formula is C19H23N7O. The molecule has 1 atom stereocenters. The third-order valence-electron chi connectivity index (χ3n) is 5.06. The molecule has 140 valence electrons. The molecule has 0 aliphatic carbocycles. The van der Waals surface area contributed by atoms with Gasteiger partial charge in [0.2, 0.25) is 0 Å². The van der Waals surface area contributed by atoms with Gasteiger partial charge >= 0.3 is 0 Å². The number of rotatable bonds is 4. The number of piperidine rings is 1. The summed E-state index contributed by atoms with van der Waals surface area (Å²) < 4.78 is 4.01. The van der Waals surface area contributed by atoms with Crippen LogP contribution in [0.15, 0.2) is 36.9 Å². The Hall–Kier alpha value is -3.03. The van der Waals surface area contributed by atoms with Crippen LogP contribution in [0.3, 0.4) is 0 Å². The first-order valence-corrected chi connectivity index (χ1v) is 9.18. The Morgan fingerprint density at radius 3 is 2.96 bits per heavy atom. The van der Waals surface area contributed by atoms with Gasteiger partial charge in [0, 0.05) is 44.1 Å². The molecule has 3 aromatic rings. The molecule has 1 saturated heterocycles. The summed E-state index contributed by atoms with van der Waals surface area (Å²) >= 11 is 0. The Morgan fingerprint density at radius 2 is 2.19 bits per heavy atom. The monoisotopic (exact) mass is 365 g/mol. The largest absolute Gasteiger partial charge is 0.337 e. The van der Waals surface area contributed by atoms with Gasteiger partial charge in [-0.15, -0.1) is 10.2 Å². The van der Waals surface area contributed by atoms with Crippen LogP contribution in [0, 0.1) is 6.92 Å². The molecule has 8 heteroatoms. The zero-order valence-corrected chi connectivity index (χ0v) is 15.6. The summed E-state index contributed by atoms with van der Waals surface area (Å²) in [5.74, 6) is 1.98. The van der Waals surface area contributed by atoms with Crippen LogP contribution in [0.25, 0.3) is 0 Å². The first-order valence-electron chi connectivity index (χ1n) is 9.18. The van der Waals surface area contributed by atoms with Gasteiger partial charge in [-0.2, -0.15) is 0 Å². The SMILES string of the molecule is Cc1cccc(C(=O)N2CCC[C@H](c3nnc(Cn4ccnc4)n3C)C2)n1. The Balaban J connectivity index is 1.50. The van der Waals surface area contributed by atoms with Gasteiger partial charge < -0.3 is 14.0 Å². The number of imidazole rings is 1. The average molecular weight is 365 g/mol. The molecular weight excluding hydrogens is 342 g/mol. The van der Waals surface area contributed by atoms with Crippen LogP contribution in [0.2, 0.25) is 0 Å². The second kappa shape index (κ2) is 7.30. The topological polar surface area (TPSA) is 81.7 Å². The number of hydrogen-bond donors (Lipinski definition) is 0. The van der Waals surface area contributed by atoms with Crippen LogP contribution in [-0.2, 0) is 13.6 Å². The maximum Gasteiger partial charge on any atom is 0.272 e. The van der Waals surface area contributed by atoms with E-state index in [4.69, 9.17) is 0 Å². The van der Waals surface area contributed by atoms with Crippen molar-refractivity contribution in [1.82, 2.24) is 34.2 Å². The lowest BCUT2D eigenvalue weighted by Crippen LogP contribution is -2.40. The van der Waals surface area contributed by atoms with Crippen molar-refractivity contribution in [3.63, 3.8) is 0 Å². The van der Waals surface area contributed by atoms with Gasteiger partial charge in [-0.25, -0.2) is 9.97 Å². The van der Waals surface area contributed by atoms with Gasteiger partial charge in [0.15, 0.2) is 5.82 Å². The van der Waals surface area contributed by atoms with Crippen LogP contribution in [0.4, 0.5) is 0 Å². The number of aryl methyl sites for hydroxylation is 1. The number of amides is 1. The van der Waals surface area contributed by atoms with E-state index in [2.05, 4.69) is 20.2 Å². The molecule has 1 amide bonds. The minimum Gasteiger partial charge on any atom is -0.337 e. The van der Waals surface area contributed by atoms with E-state index in [-0.39, 0.29) is 11.8 Å². The van der Waals surface area contributed by atoms with E-state index in [0.29, 0.717) is 18.8 Å². The minimum absolute atomic E-state index is 0.00999. The highest BCUT2D eigenvalue weighted by Gasteiger charge is 2.29. The first kappa shape index (κ1) is 17.4. The fraction of sp³-hybridized carbons (Fsp3) is 0.421. The van der Waals surface area contributed by atoms with Crippen molar-refractivity contribution in [2.75, 3.05) is 13.1 Å². The van der Waals surface area contributed by atoms with Gasteiger partial charge in [0.05, 0.1) is 12.9 Å². The summed E-state index contributed by atoms with van der Waals surface area (Å²) in [5, 5.41) is 8.78. The molecule has 4 heterocycles. The van der Waals surface area contributed by atoms with Crippen molar-refractivity contribution in [2.45, 2.75) is 32.2 Å². The maximum absolute atomic E-state index is 12.8. The molecule has 0 radical (unpaired) electrons. The van der Waals surface area contributed by atoms with Crippen molar-refractivity contribution < 1.29 is 4.79 Å². The fourth-order valence-electron chi connectivity index (χ4n) is 3.61. The van der Waals surface area contributed by atoms with Crippen molar-refractivity contribution in [1.29, 1.82) is 0 Å². The molecule has 0 saturated carbocycles. The molecule has 1 aliphatic rings. The molecule has 27 heavy (non-hydrogen) atoms. The fourth-order valence-corrected chi connectivity index (χ4v) is 3.61. The highest BCUT2D eigenvalue weighted by atomic mass is 16.2. The summed E-state index contributed by atoms with van der Waals surface area (Å²) in [5.41, 5.74) is 1.36. The predicted molar refractivity (Wildman–Crippen MR) is 99.2 cm³/mol. The van der Waals surface area contributed by atoms with Gasteiger partial charge in [-0.05, 0) is 31.9 Å². The predicted octanol–water partition coefficient (Wildman–Crippen LogP) is 1.78. The van der Waals surface area contributed by atoms with Crippen molar-refractivity contribution in [2.24, 2.45) is 7.05 Å². The van der Waals surface area contributed by atoms with E-state index in [0.717, 1.165) is 36.7 Å². The minimum atomic E-state index is -0.00999. The average Bonchev–Trinajstić information content (AvgIpc) is 3.32. The summed E-state index contributed by atoms with van der Waals surface area (Å²) in [7, 11) is 1.99. The van der Waals surface area contributed by atoms with E-state index >= 15 is 0 Å². The molecule has 1 aliphatic heterocycles. The smallest absolute Gasteiger partial charge is 0.272 e. The Labute approximate surface area is 157 Å². The number of likely N-dealkylation sites (tertiary alicyclic amines) is 1. The molecule has 4 rings (SSSR count). The normalized spacial score (nSPS) is 17.3. The van der Waals surface area contributed by atoms with E-state index in [1.165, 1.54) is 0 Å². The highest BCUT2D eigenvalue weighted by Crippen LogP contribution is 2.26. The molecule has 0 unspecified atom stereocenters. The molecule has 0 spiro atoms. The third kappa shape index (κ3) is 3.60. The Kier molecular flexibility index (Phi) is 4.70. The van der Waals surface area contributed by atoms with Crippen LogP contribution < -0.4 is 0 Å². The van der Waals surface area contributed by atoms with Crippen LogP contribution >= 0.6 is 0 Å². The van der Waals surface area contributed by atoms with Gasteiger partial charge in [-0.3, -0.25) is 4.79 Å². The van der Waals surface area contributed by atoms with Gasteiger partial charge in [-0.1, -0.05) is 6.07 Å². The first-order chi connectivity index (χ1) is 13.1. The number of carbonyl (C=O) groups excluding carboxylic acids is 1. The number of aromatic nitrogens is 6. The lowest BCUT2D eigenvalue weighted by atomic mass is 9.97. The molecule has 0 N–H and O–H groups in total. The lowest BCUT2D eigenvalue weighted by Gasteiger charge is -2.32. The number of pyridine rings is 1. The van der Waals surface area contributed by atoms with Crippen molar-refractivity contribution >= 4 is 5.91 Å². The summed E-state index contributed by atoms with van der Waals surface area (Å²) in [4.78, 5) is 23.2. The zero-order valence-electron chi connectivity index (χ0n) is 15.6. The van der Waals surface area contributed by atoms with Crippen molar-refractivity contribution in [3.8, 4) is 0 Å². The van der Waals surface area contributed by atoms with Gasteiger partial charge in [0.25, 0.3) is 5.91 Å². The third-order valence-corrected chi connectivity index (χ3v) is 5.06. The zero-order chi connectivity index (χ0) is 18.8. The molecule has 8 nitrogen and oxygen atoms in total. The quantitative estimate of drug-likeness (QED) is 0.704. The summed E-state index contributed by atoms with van der Waals surface area (Å²) in [6, 6.07) is 5.56. The highest BCUT2D eigenvalue weighted by molar-refractivity contribution is 5.92. The molecule has 0 bridgehead atoms. The molecule has 0 aromatic carbocycles. The Bertz CT molecular complexity index is 931. The molecule has 3 aromatic heterocycles. The second-order valence-electron chi connectivity index (χ2n) is 7.02.